The maximum Gasteiger partial charge on any atom is 0.319 e. The number of hydrogen-bond donors (Lipinski definition) is 4. The molecule has 2 amide bonds. The molecule has 4 rings (SSSR count). The highest BCUT2D eigenvalue weighted by atomic mass is 19.1. The highest BCUT2D eigenvalue weighted by Crippen LogP contribution is 2.33. The van der Waals surface area contributed by atoms with Crippen molar-refractivity contribution in [2.75, 3.05) is 18.5 Å². The van der Waals surface area contributed by atoms with E-state index in [-0.39, 0.29) is 19.0 Å². The van der Waals surface area contributed by atoms with Crippen molar-refractivity contribution in [1.29, 1.82) is 0 Å². The number of aryl methyl sites for hydroxylation is 1. The maximum absolute atomic E-state index is 13.8. The molecule has 36 heavy (non-hydrogen) atoms. The van der Waals surface area contributed by atoms with E-state index in [1.807, 2.05) is 18.2 Å². The second-order valence-corrected chi connectivity index (χ2v) is 8.94. The van der Waals surface area contributed by atoms with Gasteiger partial charge in [-0.3, -0.25) is 0 Å². The summed E-state index contributed by atoms with van der Waals surface area (Å²) in [6, 6.07) is 16.8. The van der Waals surface area contributed by atoms with Gasteiger partial charge in [0.1, 0.15) is 17.4 Å². The molecule has 0 fully saturated rings. The molecule has 190 valence electrons. The Hall–Kier alpha value is -3.49. The van der Waals surface area contributed by atoms with Crippen molar-refractivity contribution in [2.45, 2.75) is 44.4 Å². The van der Waals surface area contributed by atoms with Crippen LogP contribution in [-0.2, 0) is 12.8 Å². The van der Waals surface area contributed by atoms with Gasteiger partial charge in [-0.1, -0.05) is 37.3 Å². The summed E-state index contributed by atoms with van der Waals surface area (Å²) in [5.74, 6) is -0.608. The molecule has 0 bridgehead atoms. The third kappa shape index (κ3) is 6.80. The first kappa shape index (κ1) is 25.6. The molecule has 1 unspecified atom stereocenters. The van der Waals surface area contributed by atoms with Gasteiger partial charge in [0.05, 0.1) is 18.8 Å². The molecule has 0 aliphatic carbocycles. The molecule has 0 spiro atoms. The van der Waals surface area contributed by atoms with Gasteiger partial charge in [-0.25, -0.2) is 13.6 Å². The van der Waals surface area contributed by atoms with Gasteiger partial charge in [0.25, 0.3) is 0 Å². The van der Waals surface area contributed by atoms with Gasteiger partial charge >= 0.3 is 6.03 Å². The number of fused-ring (bicyclic) bond motifs is 1. The number of halogens is 2. The van der Waals surface area contributed by atoms with E-state index >= 15 is 0 Å². The summed E-state index contributed by atoms with van der Waals surface area (Å²) in [6.07, 6.45) is 0.645. The largest absolute Gasteiger partial charge is 0.493 e. The molecule has 0 saturated carbocycles. The number of para-hydroxylation sites is 1. The maximum atomic E-state index is 13.8. The highest BCUT2D eigenvalue weighted by molar-refractivity contribution is 5.89. The molecule has 3 aromatic rings. The van der Waals surface area contributed by atoms with E-state index in [9.17, 15) is 18.7 Å². The van der Waals surface area contributed by atoms with E-state index in [0.29, 0.717) is 17.9 Å². The fraction of sp³-hybridized carbons (Fsp3) is 0.321. The summed E-state index contributed by atoms with van der Waals surface area (Å²) in [7, 11) is 0. The number of urea groups is 1. The summed E-state index contributed by atoms with van der Waals surface area (Å²) < 4.78 is 33.4. The fourth-order valence-corrected chi connectivity index (χ4v) is 4.40. The monoisotopic (exact) mass is 495 g/mol. The lowest BCUT2D eigenvalue weighted by molar-refractivity contribution is 0.121. The van der Waals surface area contributed by atoms with Gasteiger partial charge < -0.3 is 25.8 Å². The Morgan fingerprint density at radius 3 is 2.53 bits per heavy atom. The lowest BCUT2D eigenvalue weighted by atomic mass is 9.96. The third-order valence-corrected chi connectivity index (χ3v) is 6.29. The Bertz CT molecular complexity index is 1160. The minimum Gasteiger partial charge on any atom is -0.493 e. The van der Waals surface area contributed by atoms with Crippen molar-refractivity contribution in [2.24, 2.45) is 0 Å². The van der Waals surface area contributed by atoms with E-state index in [1.54, 1.807) is 24.3 Å². The van der Waals surface area contributed by atoms with Gasteiger partial charge in [-0.2, -0.15) is 0 Å². The predicted molar refractivity (Wildman–Crippen MR) is 135 cm³/mol. The molecule has 8 heteroatoms. The van der Waals surface area contributed by atoms with Crippen LogP contribution < -0.4 is 20.7 Å². The summed E-state index contributed by atoms with van der Waals surface area (Å²) in [6.45, 7) is 2.80. The summed E-state index contributed by atoms with van der Waals surface area (Å²) in [4.78, 5) is 12.7. The second kappa shape index (κ2) is 12.0. The number of ether oxygens (including phenoxy) is 1. The van der Waals surface area contributed by atoms with Crippen LogP contribution in [0.25, 0.3) is 0 Å². The minimum absolute atomic E-state index is 0.0275. The Morgan fingerprint density at radius 2 is 1.81 bits per heavy atom. The third-order valence-electron chi connectivity index (χ3n) is 6.29. The Kier molecular flexibility index (Phi) is 8.51. The second-order valence-electron chi connectivity index (χ2n) is 8.94. The number of anilines is 1. The molecule has 1 heterocycles. The molecule has 6 nitrogen and oxygen atoms in total. The average Bonchev–Trinajstić information content (AvgIpc) is 2.86. The first-order valence-corrected chi connectivity index (χ1v) is 12.2. The molecule has 1 aliphatic heterocycles. The first-order chi connectivity index (χ1) is 17.4. The SMILES string of the molecule is CCc1ccc2c(c1)C(NC[C@@H](O)[C@H](Cc1cc(F)cc(F)c1)NC(=O)Nc1ccccc1)CCO2. The fourth-order valence-electron chi connectivity index (χ4n) is 4.40. The van der Waals surface area contributed by atoms with Crippen molar-refractivity contribution in [3.05, 3.63) is 95.1 Å². The number of aliphatic hydroxyl groups is 1. The number of carbonyl (C=O) groups excluding carboxylic acids is 1. The van der Waals surface area contributed by atoms with Gasteiger partial charge in [0.2, 0.25) is 0 Å². The normalized spacial score (nSPS) is 16.4. The van der Waals surface area contributed by atoms with Crippen LogP contribution in [0.3, 0.4) is 0 Å². The number of benzene rings is 3. The van der Waals surface area contributed by atoms with E-state index in [1.165, 1.54) is 17.7 Å². The van der Waals surface area contributed by atoms with Crippen molar-refractivity contribution in [3.8, 4) is 5.75 Å². The molecular formula is C28H31F2N3O3. The number of rotatable bonds is 9. The van der Waals surface area contributed by atoms with Crippen LogP contribution >= 0.6 is 0 Å². The summed E-state index contributed by atoms with van der Waals surface area (Å²) >= 11 is 0. The van der Waals surface area contributed by atoms with Crippen LogP contribution in [0.2, 0.25) is 0 Å². The molecule has 3 atom stereocenters. The van der Waals surface area contributed by atoms with Crippen molar-refractivity contribution < 1.29 is 23.4 Å². The number of carbonyl (C=O) groups is 1. The van der Waals surface area contributed by atoms with Crippen molar-refractivity contribution >= 4 is 11.7 Å². The molecule has 3 aromatic carbocycles. The smallest absolute Gasteiger partial charge is 0.319 e. The van der Waals surface area contributed by atoms with E-state index in [0.717, 1.165) is 30.2 Å². The average molecular weight is 496 g/mol. The van der Waals surface area contributed by atoms with E-state index < -0.39 is 29.8 Å². The quantitative estimate of drug-likeness (QED) is 0.346. The number of aliphatic hydroxyl groups excluding tert-OH is 1. The Balaban J connectivity index is 1.47. The standard InChI is InChI=1S/C28H31F2N3O3/c1-2-18-8-9-27-23(14-18)24(10-11-36-27)31-17-26(34)25(15-19-12-20(29)16-21(30)13-19)33-28(35)32-22-6-4-3-5-7-22/h3-9,12-14,16,24-26,31,34H,2,10-11,15,17H2,1H3,(H2,32,33,35)/t24?,25-,26+/m0/s1. The summed E-state index contributed by atoms with van der Waals surface area (Å²) in [5, 5.41) is 20.0. The van der Waals surface area contributed by atoms with Gasteiger partial charge in [-0.15, -0.1) is 0 Å². The topological polar surface area (TPSA) is 82.6 Å². The molecule has 0 saturated heterocycles. The predicted octanol–water partition coefficient (Wildman–Crippen LogP) is 4.73. The molecule has 1 aliphatic rings. The molecule has 0 radical (unpaired) electrons. The van der Waals surface area contributed by atoms with Crippen LogP contribution in [0.1, 0.15) is 36.1 Å². The number of amides is 2. The molecule has 0 aromatic heterocycles. The van der Waals surface area contributed by atoms with Crippen molar-refractivity contribution in [3.63, 3.8) is 0 Å². The van der Waals surface area contributed by atoms with Crippen LogP contribution in [0.5, 0.6) is 5.75 Å². The Morgan fingerprint density at radius 1 is 1.06 bits per heavy atom. The lowest BCUT2D eigenvalue weighted by Crippen LogP contribution is -2.50. The first-order valence-electron chi connectivity index (χ1n) is 12.2. The number of nitrogens with one attached hydrogen (secondary N) is 3. The van der Waals surface area contributed by atoms with Gasteiger partial charge in [0, 0.05) is 36.3 Å². The van der Waals surface area contributed by atoms with Crippen LogP contribution in [0, 0.1) is 11.6 Å². The number of hydrogen-bond acceptors (Lipinski definition) is 4. The van der Waals surface area contributed by atoms with Gasteiger partial charge in [-0.05, 0) is 54.3 Å². The van der Waals surface area contributed by atoms with Crippen molar-refractivity contribution in [1.82, 2.24) is 10.6 Å². The zero-order valence-corrected chi connectivity index (χ0v) is 20.1. The molecular weight excluding hydrogens is 464 g/mol. The Labute approximate surface area is 209 Å². The zero-order chi connectivity index (χ0) is 25.5. The zero-order valence-electron chi connectivity index (χ0n) is 20.1. The van der Waals surface area contributed by atoms with Gasteiger partial charge in [0.15, 0.2) is 0 Å². The highest BCUT2D eigenvalue weighted by Gasteiger charge is 2.26. The van der Waals surface area contributed by atoms with Crippen LogP contribution in [0.4, 0.5) is 19.3 Å². The van der Waals surface area contributed by atoms with Crippen LogP contribution in [-0.4, -0.2) is 36.4 Å². The lowest BCUT2D eigenvalue weighted by Gasteiger charge is -2.30. The van der Waals surface area contributed by atoms with Crippen LogP contribution in [0.15, 0.2) is 66.7 Å². The van der Waals surface area contributed by atoms with E-state index in [2.05, 4.69) is 28.9 Å². The molecule has 4 N–H and O–H groups in total. The summed E-state index contributed by atoms with van der Waals surface area (Å²) in [5.41, 5.74) is 3.15. The minimum atomic E-state index is -1.03. The van der Waals surface area contributed by atoms with E-state index in [4.69, 9.17) is 4.74 Å².